The summed E-state index contributed by atoms with van der Waals surface area (Å²) in [6.07, 6.45) is 17.0. The van der Waals surface area contributed by atoms with Gasteiger partial charge in [-0.15, -0.1) is 0 Å². The van der Waals surface area contributed by atoms with Crippen LogP contribution in [0.3, 0.4) is 0 Å². The second-order valence-electron chi connectivity index (χ2n) is 16.8. The molecule has 4 fully saturated rings. The van der Waals surface area contributed by atoms with Crippen molar-refractivity contribution in [2.24, 2.45) is 11.8 Å². The lowest BCUT2D eigenvalue weighted by Gasteiger charge is -2.31. The number of carbonyl (C=O) groups excluding carboxylic acids is 3. The van der Waals surface area contributed by atoms with E-state index in [9.17, 15) is 14.4 Å². The molecule has 2 aromatic carbocycles. The van der Waals surface area contributed by atoms with Crippen molar-refractivity contribution in [1.82, 2.24) is 31.1 Å². The van der Waals surface area contributed by atoms with E-state index in [1.165, 1.54) is 51.6 Å². The Hall–Kier alpha value is -3.43. The van der Waals surface area contributed by atoms with E-state index in [0.717, 1.165) is 63.2 Å². The first-order chi connectivity index (χ1) is 25.5. The van der Waals surface area contributed by atoms with E-state index in [1.807, 2.05) is 0 Å². The van der Waals surface area contributed by atoms with E-state index in [-0.39, 0.29) is 42.8 Å². The summed E-state index contributed by atoms with van der Waals surface area (Å²) in [6, 6.07) is 20.6. The Kier molecular flexibility index (Phi) is 11.2. The molecule has 0 spiro atoms. The van der Waals surface area contributed by atoms with Crippen molar-refractivity contribution >= 4 is 17.8 Å². The first-order valence-electron chi connectivity index (χ1n) is 20.8. The third kappa shape index (κ3) is 7.91. The van der Waals surface area contributed by atoms with E-state index in [0.29, 0.717) is 37.3 Å². The zero-order valence-corrected chi connectivity index (χ0v) is 31.0. The highest BCUT2D eigenvalue weighted by Crippen LogP contribution is 2.54. The molecule has 0 unspecified atom stereocenters. The lowest BCUT2D eigenvalue weighted by Crippen LogP contribution is -2.44. The summed E-state index contributed by atoms with van der Waals surface area (Å²) < 4.78 is 0. The van der Waals surface area contributed by atoms with E-state index >= 15 is 0 Å². The summed E-state index contributed by atoms with van der Waals surface area (Å²) in [5, 5.41) is 12.0. The van der Waals surface area contributed by atoms with Crippen molar-refractivity contribution in [3.8, 4) is 0 Å². The van der Waals surface area contributed by atoms with Gasteiger partial charge in [0.2, 0.25) is 0 Å². The fraction of sp³-hybridized carbons (Fsp3) is 0.651. The molecule has 4 heterocycles. The summed E-state index contributed by atoms with van der Waals surface area (Å²) in [7, 11) is 0. The monoisotopic (exact) mass is 708 g/mol. The average molecular weight is 709 g/mol. The third-order valence-corrected chi connectivity index (χ3v) is 13.8. The maximum atomic E-state index is 12.5. The number of ketones is 1. The quantitative estimate of drug-likeness (QED) is 0.162. The molecule has 8 rings (SSSR count). The summed E-state index contributed by atoms with van der Waals surface area (Å²) in [6.45, 7) is 3.00. The summed E-state index contributed by atoms with van der Waals surface area (Å²) in [5.41, 5.74) is 6.24. The van der Waals surface area contributed by atoms with Gasteiger partial charge in [0, 0.05) is 62.2 Å². The van der Waals surface area contributed by atoms with Crippen LogP contribution in [-0.4, -0.2) is 65.9 Å². The second-order valence-corrected chi connectivity index (χ2v) is 16.8. The van der Waals surface area contributed by atoms with Crippen LogP contribution in [0.5, 0.6) is 0 Å². The maximum Gasteiger partial charge on any atom is 0.315 e. The van der Waals surface area contributed by atoms with Crippen LogP contribution in [0.1, 0.15) is 149 Å². The fourth-order valence-corrected chi connectivity index (χ4v) is 11.0. The van der Waals surface area contributed by atoms with Crippen LogP contribution in [0.2, 0.25) is 0 Å². The number of Topliss-reactive ketones (excluding diaryl/α,β-unsaturated/α-hetero) is 1. The Bertz CT molecular complexity index is 1390. The molecule has 4 amide bonds. The Labute approximate surface area is 310 Å². The van der Waals surface area contributed by atoms with Gasteiger partial charge in [0.05, 0.1) is 0 Å². The average Bonchev–Trinajstić information content (AvgIpc) is 3.92. The summed E-state index contributed by atoms with van der Waals surface area (Å²) in [5.74, 6) is 1.51. The van der Waals surface area contributed by atoms with Gasteiger partial charge in [0.1, 0.15) is 5.78 Å². The standard InChI is InChI=1S/C43H60N6O3/c50-33(21-25-44-42(51)46-31-13-9-29(10-14-31)23-27-48-38-17-18-39(48)35-6-2-1-5-34(35)38)22-26-45-43(52)47-32-15-11-30(12-16-32)24-28-49-40-19-20-41(49)37-8-4-3-7-36(37)40/h1-8,29-32,38-41H,9-28H2,(H2,44,46,51)(H2,45,47,52)/t29-,30-,31-,32-,38-,39+,40-,41+. The Morgan fingerprint density at radius 3 is 1.19 bits per heavy atom. The van der Waals surface area contributed by atoms with Crippen LogP contribution in [-0.2, 0) is 4.79 Å². The van der Waals surface area contributed by atoms with Gasteiger partial charge in [0.15, 0.2) is 0 Å². The van der Waals surface area contributed by atoms with Crippen molar-refractivity contribution in [3.63, 3.8) is 0 Å². The predicted molar refractivity (Wildman–Crippen MR) is 204 cm³/mol. The molecule has 4 bridgehead atoms. The number of nitrogens with zero attached hydrogens (tertiary/aromatic N) is 2. The van der Waals surface area contributed by atoms with E-state index in [4.69, 9.17) is 0 Å². The third-order valence-electron chi connectivity index (χ3n) is 13.8. The normalized spacial score (nSPS) is 30.5. The minimum Gasteiger partial charge on any atom is -0.338 e. The summed E-state index contributed by atoms with van der Waals surface area (Å²) in [4.78, 5) is 43.0. The van der Waals surface area contributed by atoms with Crippen LogP contribution in [0.4, 0.5) is 9.59 Å². The van der Waals surface area contributed by atoms with Crippen molar-refractivity contribution in [1.29, 1.82) is 0 Å². The highest BCUT2D eigenvalue weighted by Gasteiger charge is 2.44. The van der Waals surface area contributed by atoms with Gasteiger partial charge in [-0.05, 0) is 137 Å². The molecular weight excluding hydrogens is 649 g/mol. The first kappa shape index (κ1) is 35.6. The predicted octanol–water partition coefficient (Wildman–Crippen LogP) is 7.62. The number of urea groups is 2. The number of amides is 4. The van der Waals surface area contributed by atoms with Crippen LogP contribution in [0.25, 0.3) is 0 Å². The number of benzene rings is 2. The van der Waals surface area contributed by atoms with Crippen molar-refractivity contribution in [3.05, 3.63) is 70.8 Å². The van der Waals surface area contributed by atoms with Gasteiger partial charge >= 0.3 is 12.1 Å². The van der Waals surface area contributed by atoms with Gasteiger partial charge in [0.25, 0.3) is 0 Å². The molecule has 4 N–H and O–H groups in total. The molecule has 4 atom stereocenters. The molecule has 4 aliphatic heterocycles. The van der Waals surface area contributed by atoms with E-state index < -0.39 is 0 Å². The molecule has 2 saturated heterocycles. The molecule has 2 saturated carbocycles. The number of rotatable bonds is 14. The Morgan fingerprint density at radius 1 is 0.500 bits per heavy atom. The topological polar surface area (TPSA) is 106 Å². The van der Waals surface area contributed by atoms with Gasteiger partial charge < -0.3 is 21.3 Å². The van der Waals surface area contributed by atoms with Crippen molar-refractivity contribution in [2.75, 3.05) is 26.2 Å². The fourth-order valence-electron chi connectivity index (χ4n) is 11.0. The van der Waals surface area contributed by atoms with Gasteiger partial charge in [-0.1, -0.05) is 48.5 Å². The Morgan fingerprint density at radius 2 is 0.846 bits per heavy atom. The van der Waals surface area contributed by atoms with Gasteiger partial charge in [-0.2, -0.15) is 0 Å². The minimum absolute atomic E-state index is 0.0469. The second kappa shape index (κ2) is 16.3. The van der Waals surface area contributed by atoms with Gasteiger partial charge in [-0.25, -0.2) is 9.59 Å². The molecule has 6 aliphatic rings. The van der Waals surface area contributed by atoms with Crippen LogP contribution in [0.15, 0.2) is 48.5 Å². The Balaban J connectivity index is 0.632. The van der Waals surface area contributed by atoms with Crippen LogP contribution < -0.4 is 21.3 Å². The summed E-state index contributed by atoms with van der Waals surface area (Å²) >= 11 is 0. The van der Waals surface area contributed by atoms with Crippen LogP contribution in [0, 0.1) is 11.8 Å². The molecule has 2 aliphatic carbocycles. The molecule has 280 valence electrons. The molecule has 9 nitrogen and oxygen atoms in total. The number of fused-ring (bicyclic) bond motifs is 10. The number of carbonyl (C=O) groups is 3. The maximum absolute atomic E-state index is 12.5. The number of hydrogen-bond acceptors (Lipinski definition) is 5. The van der Waals surface area contributed by atoms with Crippen molar-refractivity contribution < 1.29 is 14.4 Å². The van der Waals surface area contributed by atoms with E-state index in [1.54, 1.807) is 22.3 Å². The zero-order chi connectivity index (χ0) is 35.4. The smallest absolute Gasteiger partial charge is 0.315 e. The highest BCUT2D eigenvalue weighted by molar-refractivity contribution is 5.81. The highest BCUT2D eigenvalue weighted by atomic mass is 16.2. The first-order valence-corrected chi connectivity index (χ1v) is 20.8. The lowest BCUT2D eigenvalue weighted by atomic mass is 9.84. The van der Waals surface area contributed by atoms with Crippen molar-refractivity contribution in [2.45, 2.75) is 139 Å². The molecule has 52 heavy (non-hydrogen) atoms. The van der Waals surface area contributed by atoms with Gasteiger partial charge in [-0.3, -0.25) is 14.6 Å². The molecule has 0 radical (unpaired) electrons. The molecule has 2 aromatic rings. The molecular formula is C43H60N6O3. The number of hydrogen-bond donors (Lipinski definition) is 4. The zero-order valence-electron chi connectivity index (χ0n) is 31.0. The lowest BCUT2D eigenvalue weighted by molar-refractivity contribution is -0.118. The number of nitrogens with one attached hydrogen (secondary N) is 4. The SMILES string of the molecule is O=C(CCNC(=O)N[C@H]1CC[C@H](CCN2[C@@H]3CC[C@H]2c2ccccc23)CC1)CCNC(=O)N[C@H]1CC[C@H](CCN2[C@@H]3CC[C@H]2c2ccccc23)CC1. The van der Waals surface area contributed by atoms with Crippen LogP contribution >= 0.6 is 0 Å². The van der Waals surface area contributed by atoms with E-state index in [2.05, 4.69) is 79.6 Å². The molecule has 0 aromatic heterocycles. The minimum atomic E-state index is -0.177. The molecule has 9 heteroatoms. The largest absolute Gasteiger partial charge is 0.338 e.